The number of hydrogen-bond donors (Lipinski definition) is 1. The van der Waals surface area contributed by atoms with Crippen molar-refractivity contribution in [1.82, 2.24) is 10.2 Å². The third kappa shape index (κ3) is 4.53. The summed E-state index contributed by atoms with van der Waals surface area (Å²) in [6, 6.07) is 11.3. The summed E-state index contributed by atoms with van der Waals surface area (Å²) in [5.74, 6) is 0.455. The van der Waals surface area contributed by atoms with Crippen molar-refractivity contribution in [1.29, 1.82) is 0 Å². The van der Waals surface area contributed by atoms with Gasteiger partial charge in [-0.15, -0.1) is 11.3 Å². The van der Waals surface area contributed by atoms with Crippen LogP contribution in [0.2, 0.25) is 0 Å². The molecule has 4 nitrogen and oxygen atoms in total. The lowest BCUT2D eigenvalue weighted by molar-refractivity contribution is -0.125. The molecule has 0 saturated heterocycles. The molecule has 0 saturated carbocycles. The molecule has 5 heteroatoms. The van der Waals surface area contributed by atoms with Crippen LogP contribution in [0.1, 0.15) is 47.4 Å². The van der Waals surface area contributed by atoms with Gasteiger partial charge in [-0.05, 0) is 40.5 Å². The minimum absolute atomic E-state index is 0.0652. The van der Waals surface area contributed by atoms with Crippen molar-refractivity contribution in [3.8, 4) is 0 Å². The second kappa shape index (κ2) is 8.80. The van der Waals surface area contributed by atoms with Gasteiger partial charge in [-0.25, -0.2) is 0 Å². The zero-order valence-corrected chi connectivity index (χ0v) is 16.6. The van der Waals surface area contributed by atoms with Gasteiger partial charge in [-0.1, -0.05) is 38.1 Å². The van der Waals surface area contributed by atoms with Crippen LogP contribution < -0.4 is 5.32 Å². The van der Waals surface area contributed by atoms with Crippen molar-refractivity contribution >= 4 is 17.2 Å². The quantitative estimate of drug-likeness (QED) is 0.805. The number of amides is 1. The summed E-state index contributed by atoms with van der Waals surface area (Å²) in [4.78, 5) is 15.9. The number of hydrogen-bond acceptors (Lipinski definition) is 4. The first-order chi connectivity index (χ1) is 12.6. The summed E-state index contributed by atoms with van der Waals surface area (Å²) in [7, 11) is 1.55. The summed E-state index contributed by atoms with van der Waals surface area (Å²) in [5.41, 5.74) is 4.02. The molecule has 0 bridgehead atoms. The number of rotatable bonds is 7. The molecular weight excluding hydrogens is 344 g/mol. The largest absolute Gasteiger partial charge is 0.375 e. The van der Waals surface area contributed by atoms with Crippen LogP contribution in [-0.4, -0.2) is 37.6 Å². The lowest BCUT2D eigenvalue weighted by atomic mass is 9.97. The Morgan fingerprint density at radius 2 is 1.96 bits per heavy atom. The molecule has 1 aliphatic heterocycles. The first-order valence-corrected chi connectivity index (χ1v) is 10.1. The Labute approximate surface area is 160 Å². The van der Waals surface area contributed by atoms with Crippen LogP contribution in [0.3, 0.4) is 0 Å². The van der Waals surface area contributed by atoms with Crippen molar-refractivity contribution in [2.75, 3.05) is 26.8 Å². The molecule has 1 amide bonds. The fourth-order valence-electron chi connectivity index (χ4n) is 3.49. The maximum atomic E-state index is 11.9. The van der Waals surface area contributed by atoms with Crippen LogP contribution in [0, 0.1) is 0 Å². The number of benzene rings is 1. The van der Waals surface area contributed by atoms with E-state index in [0.717, 1.165) is 19.5 Å². The highest BCUT2D eigenvalue weighted by molar-refractivity contribution is 7.10. The highest BCUT2D eigenvalue weighted by Gasteiger charge is 2.26. The van der Waals surface area contributed by atoms with E-state index in [1.807, 2.05) is 11.3 Å². The van der Waals surface area contributed by atoms with E-state index in [4.69, 9.17) is 4.74 Å². The Kier molecular flexibility index (Phi) is 6.46. The van der Waals surface area contributed by atoms with Gasteiger partial charge in [0.25, 0.3) is 0 Å². The van der Waals surface area contributed by atoms with E-state index in [0.29, 0.717) is 12.5 Å². The van der Waals surface area contributed by atoms with Gasteiger partial charge >= 0.3 is 0 Å². The molecule has 0 unspecified atom stereocenters. The number of methoxy groups -OCH3 is 1. The van der Waals surface area contributed by atoms with E-state index < -0.39 is 0 Å². The minimum atomic E-state index is -0.0652. The molecule has 1 atom stereocenters. The van der Waals surface area contributed by atoms with Gasteiger partial charge in [0.1, 0.15) is 6.61 Å². The third-order valence-electron chi connectivity index (χ3n) is 5.03. The van der Waals surface area contributed by atoms with Gasteiger partial charge in [-0.2, -0.15) is 0 Å². The van der Waals surface area contributed by atoms with Crippen LogP contribution in [0.15, 0.2) is 35.7 Å². The summed E-state index contributed by atoms with van der Waals surface area (Å²) >= 11 is 1.85. The number of nitrogens with one attached hydrogen (secondary N) is 1. The first-order valence-electron chi connectivity index (χ1n) is 9.23. The summed E-state index contributed by atoms with van der Waals surface area (Å²) in [6.45, 7) is 7.08. The standard InChI is InChI=1S/C21H28N2O2S/c1-15(2)16-4-6-17(7-5-16)19(12-22-21(24)14-25-3)23-10-8-20-18(13-23)9-11-26-20/h4-7,9,11,15,19H,8,10,12-14H2,1-3H3,(H,22,24)/t19-/m0/s1. The Morgan fingerprint density at radius 3 is 2.65 bits per heavy atom. The zero-order valence-electron chi connectivity index (χ0n) is 15.8. The molecule has 1 N–H and O–H groups in total. The Hall–Kier alpha value is -1.69. The van der Waals surface area contributed by atoms with Crippen molar-refractivity contribution < 1.29 is 9.53 Å². The molecule has 140 valence electrons. The molecule has 1 aliphatic rings. The van der Waals surface area contributed by atoms with Gasteiger partial charge in [0.05, 0.1) is 6.04 Å². The molecule has 3 rings (SSSR count). The number of thiophene rings is 1. The lowest BCUT2D eigenvalue weighted by Crippen LogP contribution is -2.41. The van der Waals surface area contributed by atoms with E-state index in [1.165, 1.54) is 21.6 Å². The third-order valence-corrected chi connectivity index (χ3v) is 6.06. The van der Waals surface area contributed by atoms with Crippen LogP contribution in [0.4, 0.5) is 0 Å². The minimum Gasteiger partial charge on any atom is -0.375 e. The Balaban J connectivity index is 1.78. The highest BCUT2D eigenvalue weighted by Crippen LogP contribution is 2.30. The highest BCUT2D eigenvalue weighted by atomic mass is 32.1. The summed E-state index contributed by atoms with van der Waals surface area (Å²) < 4.78 is 4.94. The predicted molar refractivity (Wildman–Crippen MR) is 107 cm³/mol. The van der Waals surface area contributed by atoms with Gasteiger partial charge < -0.3 is 10.1 Å². The molecule has 0 aliphatic carbocycles. The molecule has 1 aromatic carbocycles. The van der Waals surface area contributed by atoms with Gasteiger partial charge in [0.2, 0.25) is 5.91 Å². The van der Waals surface area contributed by atoms with E-state index >= 15 is 0 Å². The molecule has 2 aromatic rings. The Bertz CT molecular complexity index is 724. The molecular formula is C21H28N2O2S. The smallest absolute Gasteiger partial charge is 0.246 e. The maximum Gasteiger partial charge on any atom is 0.246 e. The fourth-order valence-corrected chi connectivity index (χ4v) is 4.38. The number of ether oxygens (including phenoxy) is 1. The van der Waals surface area contributed by atoms with E-state index in [-0.39, 0.29) is 18.6 Å². The second-order valence-corrected chi connectivity index (χ2v) is 8.16. The molecule has 0 spiro atoms. The van der Waals surface area contributed by atoms with E-state index in [1.54, 1.807) is 7.11 Å². The number of fused-ring (bicyclic) bond motifs is 1. The lowest BCUT2D eigenvalue weighted by Gasteiger charge is -2.35. The van der Waals surface area contributed by atoms with Crippen molar-refractivity contribution in [3.05, 3.63) is 57.3 Å². The average Bonchev–Trinajstić information content (AvgIpc) is 3.10. The summed E-state index contributed by atoms with van der Waals surface area (Å²) in [5, 5.41) is 5.21. The normalized spacial score (nSPS) is 15.7. The first kappa shape index (κ1) is 19.1. The van der Waals surface area contributed by atoms with Gasteiger partial charge in [-0.3, -0.25) is 9.69 Å². The molecule has 2 heterocycles. The number of carbonyl (C=O) groups excluding carboxylic acids is 1. The molecule has 0 radical (unpaired) electrons. The average molecular weight is 373 g/mol. The number of nitrogens with zero attached hydrogens (tertiary/aromatic N) is 1. The fraction of sp³-hybridized carbons (Fsp3) is 0.476. The molecule has 26 heavy (non-hydrogen) atoms. The van der Waals surface area contributed by atoms with Crippen molar-refractivity contribution in [2.45, 2.75) is 38.8 Å². The summed E-state index contributed by atoms with van der Waals surface area (Å²) in [6.07, 6.45) is 1.08. The van der Waals surface area contributed by atoms with E-state index in [9.17, 15) is 4.79 Å². The zero-order chi connectivity index (χ0) is 18.5. The molecule has 1 aromatic heterocycles. The van der Waals surface area contributed by atoms with Crippen molar-refractivity contribution in [3.63, 3.8) is 0 Å². The van der Waals surface area contributed by atoms with Gasteiger partial charge in [0.15, 0.2) is 0 Å². The second-order valence-electron chi connectivity index (χ2n) is 7.16. The van der Waals surface area contributed by atoms with Crippen molar-refractivity contribution in [2.24, 2.45) is 0 Å². The van der Waals surface area contributed by atoms with Crippen LogP contribution in [0.5, 0.6) is 0 Å². The maximum absolute atomic E-state index is 11.9. The molecule has 0 fully saturated rings. The van der Waals surface area contributed by atoms with Crippen LogP contribution in [0.25, 0.3) is 0 Å². The topological polar surface area (TPSA) is 41.6 Å². The van der Waals surface area contributed by atoms with E-state index in [2.05, 4.69) is 59.8 Å². The monoisotopic (exact) mass is 372 g/mol. The predicted octanol–water partition coefficient (Wildman–Crippen LogP) is 3.73. The Morgan fingerprint density at radius 1 is 1.23 bits per heavy atom. The van der Waals surface area contributed by atoms with Gasteiger partial charge in [0, 0.05) is 31.6 Å². The van der Waals surface area contributed by atoms with Crippen LogP contribution in [-0.2, 0) is 22.5 Å². The van der Waals surface area contributed by atoms with Crippen LogP contribution >= 0.6 is 11.3 Å². The number of carbonyl (C=O) groups is 1. The SMILES string of the molecule is COCC(=O)NC[C@@H](c1ccc(C(C)C)cc1)N1CCc2sccc2C1.